The largest absolute Gasteiger partial charge is 0.416 e. The summed E-state index contributed by atoms with van der Waals surface area (Å²) in [7, 11) is 1.78. The first kappa shape index (κ1) is 21.5. The Kier molecular flexibility index (Phi) is 6.71. The second kappa shape index (κ2) is 9.06. The highest BCUT2D eigenvalue weighted by atomic mass is 32.2. The average Bonchev–Trinajstić information content (AvgIpc) is 3.04. The van der Waals surface area contributed by atoms with Crippen molar-refractivity contribution in [3.8, 4) is 0 Å². The van der Waals surface area contributed by atoms with Gasteiger partial charge in [0, 0.05) is 25.3 Å². The SMILES string of the molecule is C[C@H]1CCCCN1C(=O)CSc1nnc(CNc2cccc(C(F)(F)F)c2)n1C. The fraction of sp³-hybridized carbons (Fsp3) is 0.526. The number of carbonyl (C=O) groups excluding carboxylic acids is 1. The first-order chi connectivity index (χ1) is 13.8. The van der Waals surface area contributed by atoms with Crippen LogP contribution in [0.5, 0.6) is 0 Å². The van der Waals surface area contributed by atoms with Gasteiger partial charge in [-0.25, -0.2) is 0 Å². The zero-order chi connectivity index (χ0) is 21.0. The van der Waals surface area contributed by atoms with Crippen LogP contribution >= 0.6 is 11.8 Å². The van der Waals surface area contributed by atoms with Gasteiger partial charge in [0.15, 0.2) is 11.0 Å². The average molecular weight is 427 g/mol. The molecule has 0 saturated carbocycles. The third kappa shape index (κ3) is 5.43. The van der Waals surface area contributed by atoms with Crippen molar-refractivity contribution < 1.29 is 18.0 Å². The highest BCUT2D eigenvalue weighted by Gasteiger charge is 2.30. The van der Waals surface area contributed by atoms with Crippen LogP contribution in [-0.2, 0) is 24.6 Å². The molecule has 6 nitrogen and oxygen atoms in total. The van der Waals surface area contributed by atoms with E-state index in [2.05, 4.69) is 22.4 Å². The van der Waals surface area contributed by atoms with E-state index in [1.165, 1.54) is 17.8 Å². The number of nitrogens with one attached hydrogen (secondary N) is 1. The Bertz CT molecular complexity index is 855. The number of benzene rings is 1. The third-order valence-electron chi connectivity index (χ3n) is 5.01. The van der Waals surface area contributed by atoms with Crippen LogP contribution in [0.2, 0.25) is 0 Å². The maximum absolute atomic E-state index is 12.8. The molecule has 1 aliphatic rings. The monoisotopic (exact) mass is 427 g/mol. The fourth-order valence-corrected chi connectivity index (χ4v) is 4.11. The van der Waals surface area contributed by atoms with Crippen LogP contribution in [0.1, 0.15) is 37.6 Å². The molecule has 0 aliphatic carbocycles. The minimum absolute atomic E-state index is 0.0915. The minimum Gasteiger partial charge on any atom is -0.378 e. The lowest BCUT2D eigenvalue weighted by Crippen LogP contribution is -2.42. The predicted molar refractivity (Wildman–Crippen MR) is 106 cm³/mol. The maximum atomic E-state index is 12.8. The summed E-state index contributed by atoms with van der Waals surface area (Å²) in [5.41, 5.74) is -0.353. The Hall–Kier alpha value is -2.23. The van der Waals surface area contributed by atoms with E-state index in [9.17, 15) is 18.0 Å². The first-order valence-corrected chi connectivity index (χ1v) is 10.5. The Morgan fingerprint density at radius 2 is 2.10 bits per heavy atom. The Labute approximate surface area is 171 Å². The van der Waals surface area contributed by atoms with Gasteiger partial charge in [-0.1, -0.05) is 17.8 Å². The van der Waals surface area contributed by atoms with Crippen LogP contribution in [0, 0.1) is 0 Å². The number of piperidine rings is 1. The molecule has 1 amide bonds. The van der Waals surface area contributed by atoms with Gasteiger partial charge in [0.05, 0.1) is 17.9 Å². The molecule has 1 aromatic heterocycles. The second-order valence-electron chi connectivity index (χ2n) is 7.11. The molecule has 158 valence electrons. The van der Waals surface area contributed by atoms with Gasteiger partial charge in [-0.3, -0.25) is 4.79 Å². The predicted octanol–water partition coefficient (Wildman–Crippen LogP) is 3.94. The number of anilines is 1. The summed E-state index contributed by atoms with van der Waals surface area (Å²) in [6, 6.07) is 5.28. The molecule has 0 unspecified atom stereocenters. The van der Waals surface area contributed by atoms with Gasteiger partial charge in [0.2, 0.25) is 5.91 Å². The second-order valence-corrected chi connectivity index (χ2v) is 8.05. The van der Waals surface area contributed by atoms with Crippen LogP contribution in [0.3, 0.4) is 0 Å². The van der Waals surface area contributed by atoms with Crippen molar-refractivity contribution in [1.82, 2.24) is 19.7 Å². The van der Waals surface area contributed by atoms with Crippen molar-refractivity contribution >= 4 is 23.4 Å². The number of halogens is 3. The van der Waals surface area contributed by atoms with Gasteiger partial charge in [0.1, 0.15) is 0 Å². The van der Waals surface area contributed by atoms with E-state index in [1.54, 1.807) is 17.7 Å². The first-order valence-electron chi connectivity index (χ1n) is 9.47. The topological polar surface area (TPSA) is 63.1 Å². The molecule has 0 radical (unpaired) electrons. The molecule has 1 saturated heterocycles. The number of hydrogen-bond donors (Lipinski definition) is 1. The van der Waals surface area contributed by atoms with Crippen molar-refractivity contribution in [3.05, 3.63) is 35.7 Å². The molecule has 1 fully saturated rings. The summed E-state index contributed by atoms with van der Waals surface area (Å²) in [5, 5.41) is 11.7. The van der Waals surface area contributed by atoms with E-state index in [0.29, 0.717) is 16.7 Å². The van der Waals surface area contributed by atoms with E-state index in [4.69, 9.17) is 0 Å². The number of carbonyl (C=O) groups is 1. The lowest BCUT2D eigenvalue weighted by molar-refractivity contribution is -0.137. The molecule has 1 aromatic carbocycles. The van der Waals surface area contributed by atoms with E-state index < -0.39 is 11.7 Å². The Balaban J connectivity index is 1.56. The van der Waals surface area contributed by atoms with Gasteiger partial charge in [-0.15, -0.1) is 10.2 Å². The van der Waals surface area contributed by atoms with E-state index in [-0.39, 0.29) is 24.2 Å². The third-order valence-corrected chi connectivity index (χ3v) is 6.02. The number of likely N-dealkylation sites (tertiary alicyclic amines) is 1. The highest BCUT2D eigenvalue weighted by molar-refractivity contribution is 7.99. The minimum atomic E-state index is -4.38. The molecule has 1 N–H and O–H groups in total. The number of aromatic nitrogens is 3. The van der Waals surface area contributed by atoms with Crippen molar-refractivity contribution in [1.29, 1.82) is 0 Å². The summed E-state index contributed by atoms with van der Waals surface area (Å²) in [4.78, 5) is 14.4. The standard InChI is InChI=1S/C19H24F3N5OS/c1-13-6-3-4-9-27(13)17(28)12-29-18-25-24-16(26(18)2)11-23-15-8-5-7-14(10-15)19(20,21)22/h5,7-8,10,13,23H,3-4,6,9,11-12H2,1-2H3/t13-/m0/s1. The number of amides is 1. The van der Waals surface area contributed by atoms with Crippen molar-refractivity contribution in [2.75, 3.05) is 17.6 Å². The molecule has 3 rings (SSSR count). The van der Waals surface area contributed by atoms with Crippen LogP contribution in [-0.4, -0.2) is 43.9 Å². The number of rotatable bonds is 6. The summed E-state index contributed by atoms with van der Waals surface area (Å²) in [5.74, 6) is 0.953. The van der Waals surface area contributed by atoms with Crippen molar-refractivity contribution in [2.45, 2.75) is 50.1 Å². The molecular formula is C19H24F3N5OS. The molecule has 0 spiro atoms. The van der Waals surface area contributed by atoms with Gasteiger partial charge in [-0.2, -0.15) is 13.2 Å². The maximum Gasteiger partial charge on any atom is 0.416 e. The molecule has 2 aromatic rings. The lowest BCUT2D eigenvalue weighted by Gasteiger charge is -2.33. The zero-order valence-corrected chi connectivity index (χ0v) is 17.2. The van der Waals surface area contributed by atoms with Crippen molar-refractivity contribution in [2.24, 2.45) is 7.05 Å². The number of nitrogens with zero attached hydrogens (tertiary/aromatic N) is 4. The normalized spacial score (nSPS) is 17.4. The van der Waals surface area contributed by atoms with E-state index >= 15 is 0 Å². The summed E-state index contributed by atoms with van der Waals surface area (Å²) in [6.45, 7) is 3.09. The molecule has 1 atom stereocenters. The van der Waals surface area contributed by atoms with Crippen LogP contribution < -0.4 is 5.32 Å². The van der Waals surface area contributed by atoms with E-state index in [1.807, 2.05) is 4.90 Å². The summed E-state index contributed by atoms with van der Waals surface area (Å²) >= 11 is 1.32. The molecule has 0 bridgehead atoms. The summed E-state index contributed by atoms with van der Waals surface area (Å²) < 4.78 is 40.2. The van der Waals surface area contributed by atoms with Gasteiger partial charge in [-0.05, 0) is 44.4 Å². The van der Waals surface area contributed by atoms with Crippen LogP contribution in [0.15, 0.2) is 29.4 Å². The smallest absolute Gasteiger partial charge is 0.378 e. The number of hydrogen-bond acceptors (Lipinski definition) is 5. The zero-order valence-electron chi connectivity index (χ0n) is 16.4. The Morgan fingerprint density at radius 1 is 1.31 bits per heavy atom. The molecule has 10 heteroatoms. The molecule has 2 heterocycles. The molecule has 1 aliphatic heterocycles. The molecular weight excluding hydrogens is 403 g/mol. The lowest BCUT2D eigenvalue weighted by atomic mass is 10.0. The highest BCUT2D eigenvalue weighted by Crippen LogP contribution is 2.30. The van der Waals surface area contributed by atoms with Crippen LogP contribution in [0.4, 0.5) is 18.9 Å². The molecule has 29 heavy (non-hydrogen) atoms. The Morgan fingerprint density at radius 3 is 2.83 bits per heavy atom. The summed E-state index contributed by atoms with van der Waals surface area (Å²) in [6.07, 6.45) is -1.16. The van der Waals surface area contributed by atoms with Gasteiger partial charge in [0.25, 0.3) is 0 Å². The van der Waals surface area contributed by atoms with Crippen molar-refractivity contribution in [3.63, 3.8) is 0 Å². The number of thioether (sulfide) groups is 1. The quantitative estimate of drug-likeness (QED) is 0.708. The van der Waals surface area contributed by atoms with Crippen LogP contribution in [0.25, 0.3) is 0 Å². The fourth-order valence-electron chi connectivity index (χ4n) is 3.29. The number of alkyl halides is 3. The van der Waals surface area contributed by atoms with Gasteiger partial charge >= 0.3 is 6.18 Å². The van der Waals surface area contributed by atoms with Gasteiger partial charge < -0.3 is 14.8 Å². The van der Waals surface area contributed by atoms with E-state index in [0.717, 1.165) is 37.9 Å².